The first kappa shape index (κ1) is 20.1. The Labute approximate surface area is 174 Å². The largest absolute Gasteiger partial charge is 0.493 e. The van der Waals surface area contributed by atoms with Crippen molar-refractivity contribution in [2.75, 3.05) is 11.9 Å². The first-order chi connectivity index (χ1) is 14.6. The van der Waals surface area contributed by atoms with Gasteiger partial charge >= 0.3 is 5.97 Å². The molecule has 1 saturated carbocycles. The molecular weight excluding hydrogens is 385 g/mol. The normalized spacial score (nSPS) is 16.6. The molecule has 2 aromatic rings. The van der Waals surface area contributed by atoms with E-state index < -0.39 is 17.8 Å². The average molecular weight is 409 g/mol. The molecule has 2 N–H and O–H groups in total. The molecule has 0 saturated heterocycles. The summed E-state index contributed by atoms with van der Waals surface area (Å²) >= 11 is 0. The molecule has 6 nitrogen and oxygen atoms in total. The smallest absolute Gasteiger partial charge is 0.326 e. The summed E-state index contributed by atoms with van der Waals surface area (Å²) in [6, 6.07) is 6.06. The van der Waals surface area contributed by atoms with Crippen LogP contribution >= 0.6 is 0 Å². The second-order valence-electron chi connectivity index (χ2n) is 7.66. The summed E-state index contributed by atoms with van der Waals surface area (Å²) in [6.45, 7) is 0.706. The zero-order valence-electron chi connectivity index (χ0n) is 16.6. The quantitative estimate of drug-likeness (QED) is 0.630. The molecule has 0 bridgehead atoms. The fourth-order valence-electron chi connectivity index (χ4n) is 3.30. The number of allylic oxidation sites excluding steroid dienone is 3. The third kappa shape index (κ3) is 5.03. The molecule has 0 spiro atoms. The van der Waals surface area contributed by atoms with Crippen molar-refractivity contribution < 1.29 is 19.0 Å². The number of aliphatic carboxylic acids is 1. The van der Waals surface area contributed by atoms with Crippen molar-refractivity contribution in [1.82, 2.24) is 9.97 Å². The third-order valence-electron chi connectivity index (χ3n) is 5.22. The fourth-order valence-corrected chi connectivity index (χ4v) is 3.30. The molecule has 7 heteroatoms. The molecule has 1 aromatic heterocycles. The monoisotopic (exact) mass is 409 g/mol. The lowest BCUT2D eigenvalue weighted by Crippen LogP contribution is -2.30. The predicted octanol–water partition coefficient (Wildman–Crippen LogP) is 4.60. The van der Waals surface area contributed by atoms with E-state index in [9.17, 15) is 9.90 Å². The van der Waals surface area contributed by atoms with Gasteiger partial charge in [-0.3, -0.25) is 0 Å². The number of ether oxygens (including phenoxy) is 1. The maximum Gasteiger partial charge on any atom is 0.326 e. The molecule has 156 valence electrons. The SMILES string of the molecule is O=C(O)C(CC1=CCCC=C1)Nc1ncnc(-c2ccc(OCC3CC3)cc2)c1F. The Bertz CT molecular complexity index is 968. The van der Waals surface area contributed by atoms with Gasteiger partial charge in [0.2, 0.25) is 0 Å². The number of halogens is 1. The Morgan fingerprint density at radius 2 is 2.03 bits per heavy atom. The van der Waals surface area contributed by atoms with Gasteiger partial charge in [-0.25, -0.2) is 19.2 Å². The van der Waals surface area contributed by atoms with E-state index in [0.717, 1.165) is 24.2 Å². The van der Waals surface area contributed by atoms with Crippen LogP contribution in [0, 0.1) is 11.7 Å². The third-order valence-corrected chi connectivity index (χ3v) is 5.22. The van der Waals surface area contributed by atoms with Gasteiger partial charge in [0.1, 0.15) is 23.8 Å². The number of carboxylic acids is 1. The second kappa shape index (κ2) is 9.07. The number of carboxylic acid groups (broad SMARTS) is 1. The van der Waals surface area contributed by atoms with Crippen LogP contribution in [0.25, 0.3) is 11.3 Å². The summed E-state index contributed by atoms with van der Waals surface area (Å²) < 4.78 is 20.8. The highest BCUT2D eigenvalue weighted by molar-refractivity contribution is 5.78. The summed E-state index contributed by atoms with van der Waals surface area (Å²) in [4.78, 5) is 19.7. The second-order valence-corrected chi connectivity index (χ2v) is 7.66. The van der Waals surface area contributed by atoms with E-state index in [2.05, 4.69) is 15.3 Å². The maximum absolute atomic E-state index is 15.1. The topological polar surface area (TPSA) is 84.3 Å². The molecule has 30 heavy (non-hydrogen) atoms. The van der Waals surface area contributed by atoms with E-state index in [0.29, 0.717) is 18.1 Å². The molecule has 1 atom stereocenters. The van der Waals surface area contributed by atoms with Crippen molar-refractivity contribution in [3.63, 3.8) is 0 Å². The lowest BCUT2D eigenvalue weighted by Gasteiger charge is -2.18. The molecule has 0 aliphatic heterocycles. The zero-order chi connectivity index (χ0) is 20.9. The molecule has 0 radical (unpaired) electrons. The van der Waals surface area contributed by atoms with Crippen molar-refractivity contribution in [3.05, 3.63) is 60.2 Å². The van der Waals surface area contributed by atoms with Gasteiger partial charge in [0.05, 0.1) is 6.61 Å². The van der Waals surface area contributed by atoms with Gasteiger partial charge in [0, 0.05) is 12.0 Å². The van der Waals surface area contributed by atoms with Crippen LogP contribution in [0.5, 0.6) is 5.75 Å². The molecule has 2 aliphatic carbocycles. The molecule has 1 heterocycles. The van der Waals surface area contributed by atoms with Crippen LogP contribution in [-0.2, 0) is 4.79 Å². The van der Waals surface area contributed by atoms with Gasteiger partial charge in [-0.15, -0.1) is 0 Å². The minimum Gasteiger partial charge on any atom is -0.493 e. The standard InChI is InChI=1S/C23H24FN3O3/c24-20-21(17-8-10-18(11-9-17)30-13-16-6-7-16)25-14-26-22(20)27-19(23(28)29)12-15-4-2-1-3-5-15/h2,4-5,8-11,14,16,19H,1,3,6-7,12-13H2,(H,28,29)(H,25,26,27). The summed E-state index contributed by atoms with van der Waals surface area (Å²) in [7, 11) is 0. The van der Waals surface area contributed by atoms with E-state index in [-0.39, 0.29) is 17.9 Å². The first-order valence-corrected chi connectivity index (χ1v) is 10.2. The first-order valence-electron chi connectivity index (χ1n) is 10.2. The number of benzene rings is 1. The Balaban J connectivity index is 1.49. The average Bonchev–Trinajstić information content (AvgIpc) is 3.59. The van der Waals surface area contributed by atoms with Crippen molar-refractivity contribution in [1.29, 1.82) is 0 Å². The van der Waals surface area contributed by atoms with Crippen molar-refractivity contribution in [2.24, 2.45) is 5.92 Å². The molecular formula is C23H24FN3O3. The molecule has 4 rings (SSSR count). The Morgan fingerprint density at radius 3 is 2.70 bits per heavy atom. The van der Waals surface area contributed by atoms with Gasteiger partial charge in [-0.05, 0) is 61.4 Å². The predicted molar refractivity (Wildman–Crippen MR) is 112 cm³/mol. The Morgan fingerprint density at radius 1 is 1.23 bits per heavy atom. The zero-order valence-corrected chi connectivity index (χ0v) is 16.6. The van der Waals surface area contributed by atoms with Gasteiger partial charge in [-0.2, -0.15) is 0 Å². The van der Waals surface area contributed by atoms with Crippen LogP contribution in [-0.4, -0.2) is 33.7 Å². The number of hydrogen-bond donors (Lipinski definition) is 2. The van der Waals surface area contributed by atoms with E-state index in [1.54, 1.807) is 24.3 Å². The number of carbonyl (C=O) groups is 1. The number of anilines is 1. The summed E-state index contributed by atoms with van der Waals surface area (Å²) in [5.74, 6) is -0.477. The minimum atomic E-state index is -1.06. The van der Waals surface area contributed by atoms with Gasteiger partial charge in [0.15, 0.2) is 11.6 Å². The van der Waals surface area contributed by atoms with Gasteiger partial charge in [0.25, 0.3) is 0 Å². The van der Waals surface area contributed by atoms with E-state index in [4.69, 9.17) is 4.74 Å². The molecule has 1 aromatic carbocycles. The van der Waals surface area contributed by atoms with Crippen molar-refractivity contribution in [2.45, 2.75) is 38.1 Å². The van der Waals surface area contributed by atoms with Crippen LogP contribution in [0.2, 0.25) is 0 Å². The lowest BCUT2D eigenvalue weighted by atomic mass is 10.00. The van der Waals surface area contributed by atoms with E-state index in [1.807, 2.05) is 18.2 Å². The molecule has 1 fully saturated rings. The van der Waals surface area contributed by atoms with E-state index >= 15 is 4.39 Å². The maximum atomic E-state index is 15.1. The summed E-state index contributed by atoms with van der Waals surface area (Å²) in [5, 5.41) is 12.3. The number of rotatable bonds is 9. The Hall–Kier alpha value is -3.22. The molecule has 1 unspecified atom stereocenters. The van der Waals surface area contributed by atoms with Gasteiger partial charge < -0.3 is 15.2 Å². The van der Waals surface area contributed by atoms with Gasteiger partial charge in [-0.1, -0.05) is 18.2 Å². The van der Waals surface area contributed by atoms with E-state index in [1.165, 1.54) is 19.2 Å². The lowest BCUT2D eigenvalue weighted by molar-refractivity contribution is -0.137. The fraction of sp³-hybridized carbons (Fsp3) is 0.348. The number of nitrogens with one attached hydrogen (secondary N) is 1. The van der Waals surface area contributed by atoms with Crippen LogP contribution in [0.1, 0.15) is 32.1 Å². The summed E-state index contributed by atoms with van der Waals surface area (Å²) in [5.41, 5.74) is 1.60. The van der Waals surface area contributed by atoms with Crippen molar-refractivity contribution >= 4 is 11.8 Å². The highest BCUT2D eigenvalue weighted by atomic mass is 19.1. The molecule has 2 aliphatic rings. The highest BCUT2D eigenvalue weighted by Gasteiger charge is 2.23. The molecule has 0 amide bonds. The minimum absolute atomic E-state index is 0.113. The number of aromatic nitrogens is 2. The van der Waals surface area contributed by atoms with Crippen molar-refractivity contribution in [3.8, 4) is 17.0 Å². The van der Waals surface area contributed by atoms with Crippen LogP contribution in [0.15, 0.2) is 54.4 Å². The van der Waals surface area contributed by atoms with Crippen LogP contribution in [0.4, 0.5) is 10.2 Å². The summed E-state index contributed by atoms with van der Waals surface area (Å²) in [6.07, 6.45) is 11.7. The Kier molecular flexibility index (Phi) is 6.07. The van der Waals surface area contributed by atoms with Crippen LogP contribution in [0.3, 0.4) is 0 Å². The highest BCUT2D eigenvalue weighted by Crippen LogP contribution is 2.31. The number of nitrogens with zero attached hydrogens (tertiary/aromatic N) is 2. The number of hydrogen-bond acceptors (Lipinski definition) is 5. The van der Waals surface area contributed by atoms with Crippen LogP contribution < -0.4 is 10.1 Å².